The van der Waals surface area contributed by atoms with Crippen LogP contribution in [0.15, 0.2) is 35.2 Å². The monoisotopic (exact) mass is 393 g/mol. The molecule has 27 heavy (non-hydrogen) atoms. The topological polar surface area (TPSA) is 55.3 Å². The molecule has 3 rings (SSSR count). The normalized spacial score (nSPS) is 17.2. The van der Waals surface area contributed by atoms with Crippen LogP contribution in [0.1, 0.15) is 34.7 Å². The van der Waals surface area contributed by atoms with Gasteiger partial charge in [0.1, 0.15) is 11.9 Å². The molecule has 1 amide bonds. The number of carbonyl (C=O) groups excluding carboxylic acids is 1. The first-order valence-electron chi connectivity index (χ1n) is 8.74. The van der Waals surface area contributed by atoms with Crippen molar-refractivity contribution in [1.29, 1.82) is 0 Å². The Kier molecular flexibility index (Phi) is 6.26. The van der Waals surface area contributed by atoms with Gasteiger partial charge < -0.3 is 9.64 Å². The molecule has 8 heteroatoms. The molecule has 0 radical (unpaired) electrons. The van der Waals surface area contributed by atoms with Gasteiger partial charge in [-0.1, -0.05) is 23.9 Å². The third kappa shape index (κ3) is 5.15. The van der Waals surface area contributed by atoms with E-state index in [2.05, 4.69) is 9.97 Å². The van der Waals surface area contributed by atoms with Crippen molar-refractivity contribution in [3.05, 3.63) is 47.4 Å². The van der Waals surface area contributed by atoms with E-state index in [4.69, 9.17) is 4.74 Å². The molecular formula is C19H21F2N3O2S. The van der Waals surface area contributed by atoms with Crippen molar-refractivity contribution in [3.8, 4) is 5.88 Å². The summed E-state index contributed by atoms with van der Waals surface area (Å²) < 4.78 is 31.5. The first kappa shape index (κ1) is 19.5. The van der Waals surface area contributed by atoms with Crippen molar-refractivity contribution in [3.63, 3.8) is 0 Å². The maximum atomic E-state index is 12.9. The van der Waals surface area contributed by atoms with Gasteiger partial charge >= 0.3 is 0 Å². The Balaban J connectivity index is 1.71. The molecule has 0 bridgehead atoms. The fraction of sp³-hybridized carbons (Fsp3) is 0.421. The molecule has 1 aromatic carbocycles. The zero-order chi connectivity index (χ0) is 19.4. The van der Waals surface area contributed by atoms with Crippen LogP contribution in [0.3, 0.4) is 0 Å². The Morgan fingerprint density at radius 3 is 2.81 bits per heavy atom. The van der Waals surface area contributed by atoms with E-state index in [-0.39, 0.29) is 12.0 Å². The van der Waals surface area contributed by atoms with Gasteiger partial charge in [0, 0.05) is 23.2 Å². The number of ether oxygens (including phenoxy) is 1. The molecule has 0 spiro atoms. The van der Waals surface area contributed by atoms with Gasteiger partial charge in [-0.3, -0.25) is 4.79 Å². The fourth-order valence-electron chi connectivity index (χ4n) is 3.15. The number of amides is 1. The number of aromatic nitrogens is 2. The molecule has 2 aromatic rings. The number of carbonyl (C=O) groups is 1. The van der Waals surface area contributed by atoms with Gasteiger partial charge in [0.2, 0.25) is 5.88 Å². The Morgan fingerprint density at radius 2 is 2.07 bits per heavy atom. The lowest BCUT2D eigenvalue weighted by Gasteiger charge is -2.33. The number of piperidine rings is 1. The lowest BCUT2D eigenvalue weighted by Crippen LogP contribution is -2.44. The third-order valence-corrected chi connectivity index (χ3v) is 5.02. The number of hydrogen-bond donors (Lipinski definition) is 0. The molecule has 144 valence electrons. The second kappa shape index (κ2) is 8.65. The number of aryl methyl sites for hydroxylation is 2. The predicted octanol–water partition coefficient (Wildman–Crippen LogP) is 4.09. The maximum absolute atomic E-state index is 12.9. The fourth-order valence-corrected chi connectivity index (χ4v) is 3.78. The largest absolute Gasteiger partial charge is 0.472 e. The van der Waals surface area contributed by atoms with Gasteiger partial charge in [-0.05, 0) is 38.8 Å². The molecule has 1 aromatic heterocycles. The van der Waals surface area contributed by atoms with Crippen LogP contribution in [0.4, 0.5) is 8.78 Å². The Labute approximate surface area is 161 Å². The highest BCUT2D eigenvalue weighted by molar-refractivity contribution is 7.99. The minimum Gasteiger partial charge on any atom is -0.472 e. The molecule has 1 unspecified atom stereocenters. The number of likely N-dealkylation sites (tertiary alicyclic amines) is 1. The summed E-state index contributed by atoms with van der Waals surface area (Å²) in [7, 11) is 0. The smallest absolute Gasteiger partial charge is 0.288 e. The van der Waals surface area contributed by atoms with E-state index in [0.29, 0.717) is 47.0 Å². The van der Waals surface area contributed by atoms with Gasteiger partial charge in [-0.2, -0.15) is 13.8 Å². The highest BCUT2D eigenvalue weighted by atomic mass is 32.2. The van der Waals surface area contributed by atoms with Gasteiger partial charge in [-0.15, -0.1) is 0 Å². The van der Waals surface area contributed by atoms with Crippen molar-refractivity contribution in [2.45, 2.75) is 43.4 Å². The van der Waals surface area contributed by atoms with Crippen LogP contribution in [-0.4, -0.2) is 45.7 Å². The molecule has 1 atom stereocenters. The van der Waals surface area contributed by atoms with Gasteiger partial charge in [0.05, 0.1) is 12.1 Å². The number of thioether (sulfide) groups is 1. The van der Waals surface area contributed by atoms with Crippen molar-refractivity contribution in [2.75, 3.05) is 13.1 Å². The second-order valence-electron chi connectivity index (χ2n) is 6.40. The lowest BCUT2D eigenvalue weighted by molar-refractivity contribution is 0.0523. The zero-order valence-electron chi connectivity index (χ0n) is 15.2. The van der Waals surface area contributed by atoms with Crippen LogP contribution in [-0.2, 0) is 0 Å². The summed E-state index contributed by atoms with van der Waals surface area (Å²) in [5.41, 5.74) is 1.12. The lowest BCUT2D eigenvalue weighted by atomic mass is 10.1. The average Bonchev–Trinajstić information content (AvgIpc) is 2.60. The highest BCUT2D eigenvalue weighted by Crippen LogP contribution is 2.30. The van der Waals surface area contributed by atoms with Crippen molar-refractivity contribution < 1.29 is 18.3 Å². The maximum Gasteiger partial charge on any atom is 0.288 e. The summed E-state index contributed by atoms with van der Waals surface area (Å²) in [6.45, 7) is 4.65. The van der Waals surface area contributed by atoms with E-state index in [1.165, 1.54) is 0 Å². The molecule has 0 aliphatic carbocycles. The summed E-state index contributed by atoms with van der Waals surface area (Å²) in [6, 6.07) is 8.25. The summed E-state index contributed by atoms with van der Waals surface area (Å²) in [6.07, 6.45) is 1.40. The van der Waals surface area contributed by atoms with E-state index in [1.807, 2.05) is 6.92 Å². The summed E-state index contributed by atoms with van der Waals surface area (Å²) in [5, 5.41) is 0. The number of rotatable bonds is 5. The van der Waals surface area contributed by atoms with Crippen molar-refractivity contribution in [2.24, 2.45) is 0 Å². The third-order valence-electron chi connectivity index (χ3n) is 4.23. The molecule has 5 nitrogen and oxygen atoms in total. The van der Waals surface area contributed by atoms with E-state index in [1.54, 1.807) is 42.2 Å². The minimum atomic E-state index is -2.57. The molecule has 1 aliphatic rings. The van der Waals surface area contributed by atoms with Crippen LogP contribution in [0, 0.1) is 13.8 Å². The number of benzene rings is 1. The van der Waals surface area contributed by atoms with Crippen molar-refractivity contribution in [1.82, 2.24) is 14.9 Å². The van der Waals surface area contributed by atoms with Crippen LogP contribution < -0.4 is 4.74 Å². The summed E-state index contributed by atoms with van der Waals surface area (Å²) >= 11 is 0.395. The molecular weight excluding hydrogens is 372 g/mol. The molecule has 0 saturated carbocycles. The van der Waals surface area contributed by atoms with E-state index in [0.717, 1.165) is 18.5 Å². The molecule has 2 heterocycles. The van der Waals surface area contributed by atoms with Crippen LogP contribution in [0.5, 0.6) is 5.88 Å². The number of alkyl halides is 2. The van der Waals surface area contributed by atoms with Crippen LogP contribution in [0.25, 0.3) is 0 Å². The van der Waals surface area contributed by atoms with Gasteiger partial charge in [0.25, 0.3) is 11.7 Å². The quantitative estimate of drug-likeness (QED) is 0.716. The molecule has 1 saturated heterocycles. The van der Waals surface area contributed by atoms with Gasteiger partial charge in [0.15, 0.2) is 0 Å². The average molecular weight is 393 g/mol. The SMILES string of the molecule is Cc1cc(OC2CCCN(C(=O)c3ccccc3SC(F)F)C2)nc(C)n1. The Bertz CT molecular complexity index is 799. The molecule has 1 aliphatic heterocycles. The Hall–Kier alpha value is -2.22. The standard InChI is InChI=1S/C19H21F2N3O2S/c1-12-10-17(23-13(2)22-12)26-14-6-5-9-24(11-14)18(25)15-7-3-4-8-16(15)27-19(20)21/h3-4,7-8,10,14,19H,5-6,9,11H2,1-2H3. The van der Waals surface area contributed by atoms with E-state index < -0.39 is 5.76 Å². The zero-order valence-corrected chi connectivity index (χ0v) is 16.0. The van der Waals surface area contributed by atoms with Crippen molar-refractivity contribution >= 4 is 17.7 Å². The van der Waals surface area contributed by atoms with E-state index >= 15 is 0 Å². The first-order chi connectivity index (χ1) is 12.9. The number of nitrogens with zero attached hydrogens (tertiary/aromatic N) is 3. The second-order valence-corrected chi connectivity index (χ2v) is 7.43. The summed E-state index contributed by atoms with van der Waals surface area (Å²) in [4.78, 5) is 23.4. The predicted molar refractivity (Wildman–Crippen MR) is 99.4 cm³/mol. The molecule has 1 fully saturated rings. The Morgan fingerprint density at radius 1 is 1.30 bits per heavy atom. The van der Waals surface area contributed by atoms with Gasteiger partial charge in [-0.25, -0.2) is 4.98 Å². The summed E-state index contributed by atoms with van der Waals surface area (Å²) in [5.74, 6) is -1.69. The van der Waals surface area contributed by atoms with E-state index in [9.17, 15) is 13.6 Å². The van der Waals surface area contributed by atoms with Crippen LogP contribution >= 0.6 is 11.8 Å². The number of hydrogen-bond acceptors (Lipinski definition) is 5. The first-order valence-corrected chi connectivity index (χ1v) is 9.62. The van der Waals surface area contributed by atoms with Crippen LogP contribution in [0.2, 0.25) is 0 Å². The highest BCUT2D eigenvalue weighted by Gasteiger charge is 2.27. The minimum absolute atomic E-state index is 0.189. The molecule has 0 N–H and O–H groups in total. The number of halogens is 2.